The van der Waals surface area contributed by atoms with Gasteiger partial charge < -0.3 is 10.2 Å². The van der Waals surface area contributed by atoms with E-state index in [0.29, 0.717) is 7.25 Å². The Morgan fingerprint density at radius 2 is 0.806 bits per heavy atom. The summed E-state index contributed by atoms with van der Waals surface area (Å²) in [4.78, 5) is 0. The average Bonchev–Trinajstić information content (AvgIpc) is 3.62. The number of rotatable bonds is 4. The van der Waals surface area contributed by atoms with E-state index in [9.17, 15) is 0 Å². The Morgan fingerprint density at radius 3 is 1.19 bits per heavy atom. The summed E-state index contributed by atoms with van der Waals surface area (Å²) in [7, 11) is 1.50. The van der Waals surface area contributed by atoms with Crippen molar-refractivity contribution in [3.63, 3.8) is 0 Å². The van der Waals surface area contributed by atoms with Gasteiger partial charge in [-0.2, -0.15) is 14.2 Å². The van der Waals surface area contributed by atoms with Crippen LogP contribution in [-0.4, -0.2) is 14.2 Å². The van der Waals surface area contributed by atoms with Crippen LogP contribution >= 0.6 is 0 Å². The molecule has 2 unspecified atom stereocenters. The van der Waals surface area contributed by atoms with Gasteiger partial charge in [0.2, 0.25) is 0 Å². The molecular formula is C33H33O2Zr. The van der Waals surface area contributed by atoms with Gasteiger partial charge in [-0.15, -0.1) is 0 Å². The molecule has 36 heavy (non-hydrogen) atoms. The van der Waals surface area contributed by atoms with Crippen molar-refractivity contribution in [1.29, 1.82) is 0 Å². The maximum atomic E-state index is 8.25. The van der Waals surface area contributed by atoms with E-state index in [2.05, 4.69) is 138 Å². The zero-order valence-corrected chi connectivity index (χ0v) is 23.6. The van der Waals surface area contributed by atoms with Crippen LogP contribution in [0.3, 0.4) is 0 Å². The quantitative estimate of drug-likeness (QED) is 0.363. The number of allylic oxidation sites excluding steroid dienone is 2. The van der Waals surface area contributed by atoms with Crippen molar-refractivity contribution < 1.29 is 29.0 Å². The van der Waals surface area contributed by atoms with Crippen molar-refractivity contribution in [3.05, 3.63) is 144 Å². The molecule has 0 amide bonds. The molecule has 4 aromatic carbocycles. The minimum atomic E-state index is -4.17. The van der Waals surface area contributed by atoms with E-state index in [4.69, 9.17) is 10.2 Å². The third kappa shape index (κ3) is 3.91. The van der Waals surface area contributed by atoms with Gasteiger partial charge in [-0.05, 0) is 0 Å². The third-order valence-corrected chi connectivity index (χ3v) is 27.8. The monoisotopic (exact) mass is 551 g/mol. The van der Waals surface area contributed by atoms with Gasteiger partial charge in [-0.25, -0.2) is 0 Å². The molecule has 2 atom stereocenters. The molecule has 0 saturated heterocycles. The zero-order chi connectivity index (χ0) is 25.6. The van der Waals surface area contributed by atoms with Crippen LogP contribution in [0.15, 0.2) is 121 Å². The van der Waals surface area contributed by atoms with Gasteiger partial charge in [-0.3, -0.25) is 0 Å². The fraction of sp³-hybridized carbons (Fsp3) is 0.152. The van der Waals surface area contributed by atoms with Gasteiger partial charge in [0.05, 0.1) is 0 Å². The predicted octanol–water partition coefficient (Wildman–Crippen LogP) is 4.86. The Kier molecular flexibility index (Phi) is 8.05. The molecule has 6 rings (SSSR count). The molecule has 0 heterocycles. The Bertz CT molecular complexity index is 1250. The van der Waals surface area contributed by atoms with Crippen LogP contribution in [0.4, 0.5) is 0 Å². The molecule has 0 aliphatic heterocycles. The number of hydrogen-bond acceptors (Lipinski definition) is 2. The minimum absolute atomic E-state index is 0.401. The standard InChI is InChI=1S/2C9H7.2C6H5.2CH3O.CH3.Zr/c2*1-2-5-9-7-3-6-8(9)4-1;2*1-2-4-6-5-3-1;2*1-2;;/h2*1-7H;2*1-5H;2*1H3;1H3;/q;;;;2*-1;;+2. The summed E-state index contributed by atoms with van der Waals surface area (Å²) in [5, 5.41) is 16.5. The van der Waals surface area contributed by atoms with Gasteiger partial charge in [0.15, 0.2) is 0 Å². The summed E-state index contributed by atoms with van der Waals surface area (Å²) in [6.45, 7) is 0. The molecule has 0 aromatic heterocycles. The van der Waals surface area contributed by atoms with Gasteiger partial charge >= 0.3 is 193 Å². The van der Waals surface area contributed by atoms with Crippen LogP contribution < -0.4 is 16.8 Å². The summed E-state index contributed by atoms with van der Waals surface area (Å²) in [6.07, 6.45) is 9.80. The predicted molar refractivity (Wildman–Crippen MR) is 146 cm³/mol. The molecule has 2 aliphatic carbocycles. The van der Waals surface area contributed by atoms with Crippen molar-refractivity contribution in [2.24, 2.45) is 0 Å². The summed E-state index contributed by atoms with van der Waals surface area (Å²) < 4.78 is 6.62. The van der Waals surface area contributed by atoms with Crippen molar-refractivity contribution in [1.82, 2.24) is 0 Å². The molecule has 2 aliphatic rings. The van der Waals surface area contributed by atoms with E-state index in [0.717, 1.165) is 14.2 Å². The molecule has 181 valence electrons. The SMILES string of the molecule is C[O-].C[O-].[CH3][Zr+2]([c]1ccccc1)([c]1ccccc1)([CH]1C=Cc2ccccc21)[CH]1C=Cc2ccccc21. The van der Waals surface area contributed by atoms with E-state index < -0.39 is 18.8 Å². The second-order valence-corrected chi connectivity index (χ2v) is 25.1. The van der Waals surface area contributed by atoms with Crippen molar-refractivity contribution in [2.75, 3.05) is 14.2 Å². The normalized spacial score (nSPS) is 17.3. The number of hydrogen-bond donors (Lipinski definition) is 0. The summed E-state index contributed by atoms with van der Waals surface area (Å²) in [5.41, 5.74) is 5.74. The molecular weight excluding hydrogens is 520 g/mol. The van der Waals surface area contributed by atoms with Crippen LogP contribution in [0.1, 0.15) is 29.5 Å². The van der Waals surface area contributed by atoms with E-state index in [1.165, 1.54) is 22.3 Å². The second kappa shape index (κ2) is 11.1. The maximum absolute atomic E-state index is 8.25. The fourth-order valence-electron chi connectivity index (χ4n) is 6.64. The Labute approximate surface area is 216 Å². The van der Waals surface area contributed by atoms with Crippen molar-refractivity contribution in [2.45, 2.75) is 11.9 Å². The Morgan fingerprint density at radius 1 is 0.472 bits per heavy atom. The molecule has 0 fully saturated rings. The van der Waals surface area contributed by atoms with Gasteiger partial charge in [-0.1, -0.05) is 0 Å². The van der Waals surface area contributed by atoms with Crippen molar-refractivity contribution in [3.8, 4) is 0 Å². The molecule has 0 bridgehead atoms. The first-order valence-corrected chi connectivity index (χ1v) is 20.1. The Hall–Kier alpha value is -2.84. The van der Waals surface area contributed by atoms with Crippen LogP contribution in [0.2, 0.25) is 4.63 Å². The van der Waals surface area contributed by atoms with Gasteiger partial charge in [0.1, 0.15) is 0 Å². The number of fused-ring (bicyclic) bond motifs is 2. The topological polar surface area (TPSA) is 46.1 Å². The third-order valence-electron chi connectivity index (χ3n) is 8.28. The average molecular weight is 553 g/mol. The van der Waals surface area contributed by atoms with E-state index in [1.807, 2.05) is 0 Å². The molecule has 4 aromatic rings. The summed E-state index contributed by atoms with van der Waals surface area (Å²) in [6, 6.07) is 41.0. The molecule has 0 radical (unpaired) electrons. The van der Waals surface area contributed by atoms with E-state index in [1.54, 1.807) is 6.54 Å². The van der Waals surface area contributed by atoms with Gasteiger partial charge in [0.25, 0.3) is 0 Å². The van der Waals surface area contributed by atoms with Crippen LogP contribution in [0, 0.1) is 0 Å². The van der Waals surface area contributed by atoms with Crippen LogP contribution in [0.25, 0.3) is 12.2 Å². The van der Waals surface area contributed by atoms with Crippen molar-refractivity contribution >= 4 is 18.7 Å². The number of benzene rings is 4. The zero-order valence-electron chi connectivity index (χ0n) is 21.2. The summed E-state index contributed by atoms with van der Waals surface area (Å²) >= 11 is -4.17. The molecule has 0 spiro atoms. The first kappa shape index (κ1) is 26.2. The molecule has 2 nitrogen and oxygen atoms in total. The molecule has 3 heteroatoms. The summed E-state index contributed by atoms with van der Waals surface area (Å²) in [5.74, 6) is 0. The second-order valence-electron chi connectivity index (χ2n) is 9.61. The molecule has 0 N–H and O–H groups in total. The molecule has 0 saturated carbocycles. The Balaban J connectivity index is 0.000000726. The van der Waals surface area contributed by atoms with Crippen LogP contribution in [0.5, 0.6) is 0 Å². The first-order valence-electron chi connectivity index (χ1n) is 12.4. The fourth-order valence-corrected chi connectivity index (χ4v) is 25.4. The van der Waals surface area contributed by atoms with Gasteiger partial charge in [0, 0.05) is 0 Å². The van der Waals surface area contributed by atoms with Crippen LogP contribution in [-0.2, 0) is 18.8 Å². The van der Waals surface area contributed by atoms with E-state index >= 15 is 0 Å². The van der Waals surface area contributed by atoms with E-state index in [-0.39, 0.29) is 0 Å². The first-order chi connectivity index (χ1) is 17.7.